The van der Waals surface area contributed by atoms with Crippen molar-refractivity contribution in [3.8, 4) is 45.5 Å². The normalized spacial score (nSPS) is 12.7. The molecule has 0 unspecified atom stereocenters. The quantitative estimate of drug-likeness (QED) is 0.182. The fourth-order valence-corrected chi connectivity index (χ4v) is 8.89. The molecule has 0 bridgehead atoms. The molecular weight excluding hydrogens is 621 g/mol. The molecule has 2 aliphatic heterocycles. The molecule has 7 aromatic carbocycles. The van der Waals surface area contributed by atoms with Crippen molar-refractivity contribution in [3.63, 3.8) is 0 Å². The molecule has 5 nitrogen and oxygen atoms in total. The lowest BCUT2D eigenvalue weighted by atomic mass is 9.34. The topological polar surface area (TPSA) is 48.5 Å². The van der Waals surface area contributed by atoms with Crippen LogP contribution in [0.2, 0.25) is 0 Å². The molecule has 0 N–H and O–H groups in total. The van der Waals surface area contributed by atoms with Gasteiger partial charge in [0.25, 0.3) is 6.71 Å². The van der Waals surface area contributed by atoms with E-state index in [1.54, 1.807) is 0 Å². The van der Waals surface area contributed by atoms with Gasteiger partial charge in [0.2, 0.25) is 0 Å². The number of aromatic nitrogens is 5. The van der Waals surface area contributed by atoms with E-state index >= 15 is 0 Å². The average molecular weight is 648 g/mol. The third kappa shape index (κ3) is 3.58. The van der Waals surface area contributed by atoms with Crippen LogP contribution in [0.3, 0.4) is 0 Å². The smallest absolute Gasteiger partial charge is 0.252 e. The van der Waals surface area contributed by atoms with Gasteiger partial charge in [0, 0.05) is 60.6 Å². The van der Waals surface area contributed by atoms with Crippen LogP contribution in [0.5, 0.6) is 0 Å². The van der Waals surface area contributed by atoms with E-state index in [1.807, 2.05) is 36.4 Å². The first-order chi connectivity index (χ1) is 25.3. The lowest BCUT2D eigenvalue weighted by Crippen LogP contribution is -2.59. The molecule has 5 heterocycles. The molecule has 0 saturated heterocycles. The Morgan fingerprint density at radius 3 is 1.49 bits per heavy atom. The number of rotatable bonds is 3. The highest BCUT2D eigenvalue weighted by atomic mass is 15.0. The van der Waals surface area contributed by atoms with Gasteiger partial charge < -0.3 is 9.13 Å². The zero-order valence-electron chi connectivity index (χ0n) is 27.3. The first-order valence-corrected chi connectivity index (χ1v) is 17.4. The van der Waals surface area contributed by atoms with Crippen molar-refractivity contribution in [2.24, 2.45) is 0 Å². The lowest BCUT2D eigenvalue weighted by Gasteiger charge is -2.33. The molecule has 3 aromatic heterocycles. The van der Waals surface area contributed by atoms with Crippen molar-refractivity contribution >= 4 is 66.7 Å². The number of benzene rings is 7. The van der Waals surface area contributed by atoms with Gasteiger partial charge in [-0.25, -0.2) is 15.0 Å². The van der Waals surface area contributed by atoms with Crippen LogP contribution in [0.4, 0.5) is 0 Å². The summed E-state index contributed by atoms with van der Waals surface area (Å²) < 4.78 is 4.99. The Hall–Kier alpha value is -6.79. The molecule has 0 spiro atoms. The fraction of sp³-hybridized carbons (Fsp3) is 0. The third-order valence-electron chi connectivity index (χ3n) is 11.0. The summed E-state index contributed by atoms with van der Waals surface area (Å²) in [6, 6.07) is 56.4. The van der Waals surface area contributed by atoms with Crippen molar-refractivity contribution in [1.29, 1.82) is 0 Å². The van der Waals surface area contributed by atoms with Gasteiger partial charge in [0.05, 0.1) is 11.0 Å². The number of hydrogen-bond acceptors (Lipinski definition) is 3. The Morgan fingerprint density at radius 2 is 0.863 bits per heavy atom. The van der Waals surface area contributed by atoms with Crippen molar-refractivity contribution < 1.29 is 0 Å². The minimum absolute atomic E-state index is 0.127. The fourth-order valence-electron chi connectivity index (χ4n) is 8.89. The zero-order valence-corrected chi connectivity index (χ0v) is 27.3. The largest absolute Gasteiger partial charge is 0.310 e. The second kappa shape index (κ2) is 9.90. The van der Waals surface area contributed by atoms with Gasteiger partial charge in [-0.15, -0.1) is 0 Å². The summed E-state index contributed by atoms with van der Waals surface area (Å²) in [5.74, 6) is 1.99. The third-order valence-corrected chi connectivity index (χ3v) is 11.0. The van der Waals surface area contributed by atoms with Crippen LogP contribution in [0, 0.1) is 0 Å². The Balaban J connectivity index is 1.13. The van der Waals surface area contributed by atoms with Crippen molar-refractivity contribution in [3.05, 3.63) is 158 Å². The predicted molar refractivity (Wildman–Crippen MR) is 209 cm³/mol. The van der Waals surface area contributed by atoms with Gasteiger partial charge in [-0.2, -0.15) is 0 Å². The Labute approximate surface area is 293 Å². The average Bonchev–Trinajstić information content (AvgIpc) is 3.72. The van der Waals surface area contributed by atoms with Gasteiger partial charge in [-0.3, -0.25) is 0 Å². The number of fused-ring (bicyclic) bond motifs is 10. The maximum atomic E-state index is 5.06. The van der Waals surface area contributed by atoms with Crippen LogP contribution in [-0.4, -0.2) is 30.8 Å². The Bertz CT molecular complexity index is 3030. The predicted octanol–water partition coefficient (Wildman–Crippen LogP) is 8.21. The second-order valence-corrected chi connectivity index (χ2v) is 13.6. The van der Waals surface area contributed by atoms with Crippen LogP contribution in [0.15, 0.2) is 158 Å². The Morgan fingerprint density at radius 1 is 0.373 bits per heavy atom. The van der Waals surface area contributed by atoms with Crippen molar-refractivity contribution in [2.45, 2.75) is 0 Å². The molecule has 234 valence electrons. The van der Waals surface area contributed by atoms with Crippen LogP contribution in [0.25, 0.3) is 89.2 Å². The molecule has 0 radical (unpaired) electrons. The SMILES string of the molecule is c1ccc(-c2nc(-c3ccccc3)nc(-c3ccc4c(c3)c3cccc5c3n4-c3cccc4c3B5c3cccc5c6ccccc6n-4c35)n2)cc1. The van der Waals surface area contributed by atoms with Crippen LogP contribution < -0.4 is 16.4 Å². The summed E-state index contributed by atoms with van der Waals surface area (Å²) >= 11 is 0. The van der Waals surface area contributed by atoms with Gasteiger partial charge in [0.15, 0.2) is 17.5 Å². The molecular formula is C45H26BN5. The number of hydrogen-bond donors (Lipinski definition) is 0. The van der Waals surface area contributed by atoms with E-state index < -0.39 is 0 Å². The highest BCUT2D eigenvalue weighted by Crippen LogP contribution is 2.39. The van der Waals surface area contributed by atoms with Gasteiger partial charge >= 0.3 is 0 Å². The molecule has 12 rings (SSSR count). The van der Waals surface area contributed by atoms with Crippen LogP contribution in [-0.2, 0) is 0 Å². The highest BCUT2D eigenvalue weighted by molar-refractivity contribution is 7.00. The van der Waals surface area contributed by atoms with Crippen LogP contribution in [0.1, 0.15) is 0 Å². The van der Waals surface area contributed by atoms with E-state index in [0.29, 0.717) is 17.5 Å². The molecule has 0 saturated carbocycles. The van der Waals surface area contributed by atoms with E-state index in [2.05, 4.69) is 130 Å². The molecule has 0 aliphatic carbocycles. The second-order valence-electron chi connectivity index (χ2n) is 13.6. The van der Waals surface area contributed by atoms with Crippen LogP contribution >= 0.6 is 0 Å². The van der Waals surface area contributed by atoms with E-state index in [0.717, 1.165) is 16.7 Å². The Kier molecular flexibility index (Phi) is 5.26. The lowest BCUT2D eigenvalue weighted by molar-refractivity contribution is 1.07. The standard InChI is InChI=1S/C45H26BN5/c1-3-12-27(13-4-1)43-47-44(28-14-5-2-6-15-28)49-45(48-43)29-24-25-37-33(26-29)32-18-10-20-35-42(32)51(37)39-23-11-22-38-40(39)46(35)34-19-9-17-31-30-16-7-8-21-36(30)50(38)41(31)34/h1-26H. The van der Waals surface area contributed by atoms with E-state index in [-0.39, 0.29) is 6.71 Å². The first-order valence-electron chi connectivity index (χ1n) is 17.4. The molecule has 2 aliphatic rings. The summed E-state index contributed by atoms with van der Waals surface area (Å²) in [4.78, 5) is 15.0. The maximum Gasteiger partial charge on any atom is 0.252 e. The number of nitrogens with zero attached hydrogens (tertiary/aromatic N) is 5. The summed E-state index contributed by atoms with van der Waals surface area (Å²) in [7, 11) is 0. The van der Waals surface area contributed by atoms with Crippen molar-refractivity contribution in [1.82, 2.24) is 24.1 Å². The molecule has 0 amide bonds. The molecule has 0 atom stereocenters. The van der Waals surface area contributed by atoms with E-state index in [1.165, 1.54) is 71.4 Å². The summed E-state index contributed by atoms with van der Waals surface area (Å²) in [6.45, 7) is 0.127. The molecule has 51 heavy (non-hydrogen) atoms. The summed E-state index contributed by atoms with van der Waals surface area (Å²) in [5, 5.41) is 5.03. The maximum absolute atomic E-state index is 5.06. The minimum Gasteiger partial charge on any atom is -0.310 e. The number of para-hydroxylation sites is 3. The molecule has 6 heteroatoms. The van der Waals surface area contributed by atoms with Gasteiger partial charge in [-0.1, -0.05) is 121 Å². The summed E-state index contributed by atoms with van der Waals surface area (Å²) in [6.07, 6.45) is 0. The first kappa shape index (κ1) is 27.1. The van der Waals surface area contributed by atoms with Crippen molar-refractivity contribution in [2.75, 3.05) is 0 Å². The van der Waals surface area contributed by atoms with E-state index in [9.17, 15) is 0 Å². The monoisotopic (exact) mass is 647 g/mol. The molecule has 10 aromatic rings. The molecule has 0 fully saturated rings. The van der Waals surface area contributed by atoms with Gasteiger partial charge in [-0.05, 0) is 52.8 Å². The van der Waals surface area contributed by atoms with E-state index in [4.69, 9.17) is 15.0 Å². The minimum atomic E-state index is 0.127. The van der Waals surface area contributed by atoms with Gasteiger partial charge in [0.1, 0.15) is 0 Å². The zero-order chi connectivity index (χ0) is 33.2. The highest BCUT2D eigenvalue weighted by Gasteiger charge is 2.40. The summed E-state index contributed by atoms with van der Waals surface area (Å²) in [5.41, 5.74) is 14.5.